The molecule has 0 aromatic carbocycles. The van der Waals surface area contributed by atoms with E-state index in [-0.39, 0.29) is 5.95 Å². The molecule has 0 fully saturated rings. The number of ether oxygens (including phenoxy) is 1. The van der Waals surface area contributed by atoms with Gasteiger partial charge in [-0.2, -0.15) is 4.98 Å². The number of anilines is 1. The highest BCUT2D eigenvalue weighted by Crippen LogP contribution is 2.05. The van der Waals surface area contributed by atoms with Crippen LogP contribution in [0.4, 0.5) is 5.95 Å². The van der Waals surface area contributed by atoms with Gasteiger partial charge in [-0.3, -0.25) is 0 Å². The first-order valence-electron chi connectivity index (χ1n) is 5.20. The van der Waals surface area contributed by atoms with Gasteiger partial charge in [0, 0.05) is 18.8 Å². The Morgan fingerprint density at radius 3 is 2.73 bits per heavy atom. The zero-order valence-electron chi connectivity index (χ0n) is 9.31. The first-order valence-corrected chi connectivity index (χ1v) is 5.20. The molecule has 1 aromatic heterocycles. The Labute approximate surface area is 90.3 Å². The van der Waals surface area contributed by atoms with Crippen molar-refractivity contribution < 1.29 is 4.74 Å². The number of aromatic nitrogens is 2. The van der Waals surface area contributed by atoms with Crippen LogP contribution in [0.3, 0.4) is 0 Å². The van der Waals surface area contributed by atoms with Crippen molar-refractivity contribution in [3.63, 3.8) is 0 Å². The van der Waals surface area contributed by atoms with Crippen molar-refractivity contribution in [3.05, 3.63) is 12.3 Å². The lowest BCUT2D eigenvalue weighted by atomic mass is 10.5. The molecule has 1 aromatic rings. The maximum absolute atomic E-state index is 5.45. The summed E-state index contributed by atoms with van der Waals surface area (Å²) in [7, 11) is 0. The van der Waals surface area contributed by atoms with Gasteiger partial charge in [0.25, 0.3) is 0 Å². The average molecular weight is 210 g/mol. The second-order valence-electron chi connectivity index (χ2n) is 3.13. The number of hydrogen-bond donors (Lipinski definition) is 1. The van der Waals surface area contributed by atoms with Crippen LogP contribution in [0, 0.1) is 0 Å². The van der Waals surface area contributed by atoms with Crippen molar-refractivity contribution in [2.24, 2.45) is 0 Å². The van der Waals surface area contributed by atoms with E-state index in [1.807, 2.05) is 0 Å². The quantitative estimate of drug-likeness (QED) is 0.751. The minimum atomic E-state index is 0.246. The van der Waals surface area contributed by atoms with Crippen molar-refractivity contribution in [2.75, 3.05) is 32.0 Å². The molecule has 0 amide bonds. The fraction of sp³-hybridized carbons (Fsp3) is 0.600. The molecule has 0 unspecified atom stereocenters. The molecule has 5 heteroatoms. The van der Waals surface area contributed by atoms with Crippen LogP contribution in [0.15, 0.2) is 12.3 Å². The van der Waals surface area contributed by atoms with Gasteiger partial charge in [0.1, 0.15) is 6.61 Å². The largest absolute Gasteiger partial charge is 0.476 e. The van der Waals surface area contributed by atoms with E-state index in [1.54, 1.807) is 12.3 Å². The first kappa shape index (κ1) is 11.7. The molecule has 0 bridgehead atoms. The fourth-order valence-corrected chi connectivity index (χ4v) is 1.26. The molecule has 2 N–H and O–H groups in total. The monoisotopic (exact) mass is 210 g/mol. The van der Waals surface area contributed by atoms with Gasteiger partial charge in [-0.05, 0) is 13.1 Å². The molecule has 1 heterocycles. The summed E-state index contributed by atoms with van der Waals surface area (Å²) in [5.41, 5.74) is 5.43. The topological polar surface area (TPSA) is 64.3 Å². The molecule has 1 rings (SSSR count). The number of likely N-dealkylation sites (N-methyl/N-ethyl adjacent to an activating group) is 1. The van der Waals surface area contributed by atoms with Crippen molar-refractivity contribution in [2.45, 2.75) is 13.8 Å². The smallest absolute Gasteiger partial charge is 0.223 e. The summed E-state index contributed by atoms with van der Waals surface area (Å²) < 4.78 is 5.45. The molecule has 0 saturated heterocycles. The molecule has 0 spiro atoms. The standard InChI is InChI=1S/C10H18N4O/c1-3-14(4-2)7-8-15-9-5-6-12-10(11)13-9/h5-6H,3-4,7-8H2,1-2H3,(H2,11,12,13). The maximum Gasteiger partial charge on any atom is 0.223 e. The Morgan fingerprint density at radius 1 is 1.40 bits per heavy atom. The van der Waals surface area contributed by atoms with Crippen molar-refractivity contribution in [1.82, 2.24) is 14.9 Å². The lowest BCUT2D eigenvalue weighted by Crippen LogP contribution is -2.28. The number of nitrogens with two attached hydrogens (primary N) is 1. The van der Waals surface area contributed by atoms with Crippen LogP contribution in [0.5, 0.6) is 5.88 Å². The van der Waals surface area contributed by atoms with Gasteiger partial charge >= 0.3 is 0 Å². The van der Waals surface area contributed by atoms with Crippen LogP contribution < -0.4 is 10.5 Å². The van der Waals surface area contributed by atoms with E-state index in [1.165, 1.54) is 0 Å². The highest BCUT2D eigenvalue weighted by Gasteiger charge is 2.00. The van der Waals surface area contributed by atoms with E-state index >= 15 is 0 Å². The minimum absolute atomic E-state index is 0.246. The predicted molar refractivity (Wildman–Crippen MR) is 59.7 cm³/mol. The molecule has 0 radical (unpaired) electrons. The van der Waals surface area contributed by atoms with E-state index in [0.29, 0.717) is 12.5 Å². The molecule has 0 atom stereocenters. The van der Waals surface area contributed by atoms with Gasteiger partial charge in [0.15, 0.2) is 0 Å². The molecule has 15 heavy (non-hydrogen) atoms. The number of hydrogen-bond acceptors (Lipinski definition) is 5. The van der Waals surface area contributed by atoms with Crippen molar-refractivity contribution in [1.29, 1.82) is 0 Å². The lowest BCUT2D eigenvalue weighted by molar-refractivity contribution is 0.218. The van der Waals surface area contributed by atoms with E-state index in [2.05, 4.69) is 28.7 Å². The minimum Gasteiger partial charge on any atom is -0.476 e. The second kappa shape index (κ2) is 6.19. The summed E-state index contributed by atoms with van der Waals surface area (Å²) in [6.07, 6.45) is 1.59. The van der Waals surface area contributed by atoms with Gasteiger partial charge in [-0.15, -0.1) is 0 Å². The summed E-state index contributed by atoms with van der Waals surface area (Å²) in [6.45, 7) is 7.85. The zero-order chi connectivity index (χ0) is 11.1. The summed E-state index contributed by atoms with van der Waals surface area (Å²) in [5, 5.41) is 0. The Morgan fingerprint density at radius 2 is 2.13 bits per heavy atom. The third-order valence-corrected chi connectivity index (χ3v) is 2.20. The third-order valence-electron chi connectivity index (χ3n) is 2.20. The Kier molecular flexibility index (Phi) is 4.83. The average Bonchev–Trinajstić information content (AvgIpc) is 2.25. The summed E-state index contributed by atoms with van der Waals surface area (Å²) >= 11 is 0. The van der Waals surface area contributed by atoms with E-state index < -0.39 is 0 Å². The zero-order valence-corrected chi connectivity index (χ0v) is 9.31. The molecule has 0 saturated carbocycles. The highest BCUT2D eigenvalue weighted by atomic mass is 16.5. The van der Waals surface area contributed by atoms with Crippen LogP contribution in [0.1, 0.15) is 13.8 Å². The van der Waals surface area contributed by atoms with Crippen molar-refractivity contribution in [3.8, 4) is 5.88 Å². The van der Waals surface area contributed by atoms with Gasteiger partial charge < -0.3 is 15.4 Å². The highest BCUT2D eigenvalue weighted by molar-refractivity contribution is 5.20. The summed E-state index contributed by atoms with van der Waals surface area (Å²) in [5.74, 6) is 0.782. The fourth-order valence-electron chi connectivity index (χ4n) is 1.26. The maximum atomic E-state index is 5.45. The molecule has 0 aliphatic rings. The van der Waals surface area contributed by atoms with Gasteiger partial charge in [-0.1, -0.05) is 13.8 Å². The normalized spacial score (nSPS) is 10.6. The van der Waals surface area contributed by atoms with Gasteiger partial charge in [-0.25, -0.2) is 4.98 Å². The Bertz CT molecular complexity index is 289. The predicted octanol–water partition coefficient (Wildman–Crippen LogP) is 0.779. The third kappa shape index (κ3) is 4.12. The van der Waals surface area contributed by atoms with E-state index in [0.717, 1.165) is 19.6 Å². The summed E-state index contributed by atoms with van der Waals surface area (Å²) in [6, 6.07) is 1.71. The van der Waals surface area contributed by atoms with Crippen LogP contribution in [0.2, 0.25) is 0 Å². The Hall–Kier alpha value is -1.36. The van der Waals surface area contributed by atoms with Crippen molar-refractivity contribution >= 4 is 5.95 Å². The van der Waals surface area contributed by atoms with E-state index in [4.69, 9.17) is 10.5 Å². The van der Waals surface area contributed by atoms with Crippen LogP contribution in [-0.2, 0) is 0 Å². The van der Waals surface area contributed by atoms with E-state index in [9.17, 15) is 0 Å². The molecule has 84 valence electrons. The molecular weight excluding hydrogens is 192 g/mol. The number of rotatable bonds is 6. The molecule has 5 nitrogen and oxygen atoms in total. The SMILES string of the molecule is CCN(CC)CCOc1ccnc(N)n1. The Balaban J connectivity index is 2.31. The first-order chi connectivity index (χ1) is 7.26. The van der Waals surface area contributed by atoms with Gasteiger partial charge in [0.2, 0.25) is 11.8 Å². The lowest BCUT2D eigenvalue weighted by Gasteiger charge is -2.17. The van der Waals surface area contributed by atoms with Crippen LogP contribution in [0.25, 0.3) is 0 Å². The molecule has 0 aliphatic heterocycles. The second-order valence-corrected chi connectivity index (χ2v) is 3.13. The van der Waals surface area contributed by atoms with Gasteiger partial charge in [0.05, 0.1) is 0 Å². The summed E-state index contributed by atoms with van der Waals surface area (Å²) in [4.78, 5) is 10.0. The number of nitrogen functional groups attached to an aromatic ring is 1. The van der Waals surface area contributed by atoms with Crippen LogP contribution >= 0.6 is 0 Å². The van der Waals surface area contributed by atoms with Crippen LogP contribution in [-0.4, -0.2) is 41.1 Å². The number of nitrogens with zero attached hydrogens (tertiary/aromatic N) is 3. The molecule has 0 aliphatic carbocycles. The molecular formula is C10H18N4O.